The summed E-state index contributed by atoms with van der Waals surface area (Å²) in [5.41, 5.74) is 8.53. The Morgan fingerprint density at radius 1 is 1.16 bits per heavy atom. The number of hydrogen-bond donors (Lipinski definition) is 3. The Balaban J connectivity index is 1.90. The molecule has 2 unspecified atom stereocenters. The number of rotatable bonds is 9. The highest BCUT2D eigenvalue weighted by atomic mass is 31.2. The molecule has 0 saturated carbocycles. The van der Waals surface area contributed by atoms with Gasteiger partial charge in [0.15, 0.2) is 5.16 Å². The highest BCUT2D eigenvalue weighted by Crippen LogP contribution is 2.59. The molecule has 3 rings (SSSR count). The lowest BCUT2D eigenvalue weighted by molar-refractivity contribution is -0.141. The van der Waals surface area contributed by atoms with E-state index < -0.39 is 18.5 Å². The van der Waals surface area contributed by atoms with Crippen molar-refractivity contribution < 1.29 is 24.1 Å². The molecule has 7 nitrogen and oxygen atoms in total. The zero-order chi connectivity index (χ0) is 22.5. The molecule has 1 heterocycles. The smallest absolute Gasteiger partial charge is 0.320 e. The summed E-state index contributed by atoms with van der Waals surface area (Å²) in [6.45, 7) is 1.34. The first kappa shape index (κ1) is 23.5. The van der Waals surface area contributed by atoms with E-state index in [1.807, 2.05) is 53.4 Å². The number of carboxylic acids is 1. The highest BCUT2D eigenvalue weighted by Gasteiger charge is 2.56. The monoisotopic (exact) mass is 446 g/mol. The standard InChI is InChI=1S/C23H31N2O5P/c1-30-21-11-5-4-10-20(21)19-9-3-2-8-18(19)16-25-14-15-31(28,29)23(17-25,22(26)27)12-6-7-13-24/h2-5,8-11H,6-7,12-17,24H2,1H3,(H,26,27)(H,28,29). The third kappa shape index (κ3) is 4.85. The molecule has 0 bridgehead atoms. The van der Waals surface area contributed by atoms with Gasteiger partial charge in [-0.15, -0.1) is 0 Å². The van der Waals surface area contributed by atoms with Crippen LogP contribution in [0.1, 0.15) is 24.8 Å². The molecule has 1 fully saturated rings. The molecule has 0 aliphatic carbocycles. The Hall–Kier alpha value is -2.18. The van der Waals surface area contributed by atoms with E-state index in [1.54, 1.807) is 7.11 Å². The number of nitrogens with two attached hydrogens (primary N) is 1. The molecule has 1 aliphatic heterocycles. The first-order chi connectivity index (χ1) is 14.8. The normalized spacial score (nSPS) is 24.1. The van der Waals surface area contributed by atoms with Gasteiger partial charge >= 0.3 is 5.97 Å². The van der Waals surface area contributed by atoms with Crippen LogP contribution in [0.4, 0.5) is 0 Å². The van der Waals surface area contributed by atoms with Crippen molar-refractivity contribution in [3.05, 3.63) is 54.1 Å². The summed E-state index contributed by atoms with van der Waals surface area (Å²) in [5, 5.41) is 8.35. The van der Waals surface area contributed by atoms with Crippen molar-refractivity contribution in [1.82, 2.24) is 4.90 Å². The molecule has 168 valence electrons. The first-order valence-electron chi connectivity index (χ1n) is 10.5. The zero-order valence-electron chi connectivity index (χ0n) is 17.9. The van der Waals surface area contributed by atoms with Crippen LogP contribution in [0.25, 0.3) is 11.1 Å². The molecule has 0 amide bonds. The Bertz CT molecular complexity index is 966. The van der Waals surface area contributed by atoms with Gasteiger partial charge in [-0.05, 0) is 36.6 Å². The average molecular weight is 446 g/mol. The van der Waals surface area contributed by atoms with E-state index in [2.05, 4.69) is 0 Å². The molecule has 31 heavy (non-hydrogen) atoms. The van der Waals surface area contributed by atoms with Gasteiger partial charge in [0, 0.05) is 31.4 Å². The second-order valence-corrected chi connectivity index (χ2v) is 10.8. The molecule has 2 aromatic rings. The van der Waals surface area contributed by atoms with Gasteiger partial charge in [-0.1, -0.05) is 48.9 Å². The number of carbonyl (C=O) groups is 1. The second-order valence-electron chi connectivity index (χ2n) is 8.08. The van der Waals surface area contributed by atoms with Gasteiger partial charge < -0.3 is 20.5 Å². The summed E-state index contributed by atoms with van der Waals surface area (Å²) in [6.07, 6.45) is 1.27. The van der Waals surface area contributed by atoms with Gasteiger partial charge in [-0.25, -0.2) is 0 Å². The Morgan fingerprint density at radius 2 is 1.84 bits per heavy atom. The Labute approximate surface area is 183 Å². The van der Waals surface area contributed by atoms with Gasteiger partial charge in [-0.2, -0.15) is 0 Å². The van der Waals surface area contributed by atoms with Gasteiger partial charge in [0.1, 0.15) is 5.75 Å². The van der Waals surface area contributed by atoms with Crippen molar-refractivity contribution in [3.63, 3.8) is 0 Å². The van der Waals surface area contributed by atoms with Crippen molar-refractivity contribution in [2.45, 2.75) is 31.0 Å². The van der Waals surface area contributed by atoms with E-state index >= 15 is 0 Å². The average Bonchev–Trinajstić information content (AvgIpc) is 2.76. The topological polar surface area (TPSA) is 113 Å². The van der Waals surface area contributed by atoms with Crippen LogP contribution in [0.15, 0.2) is 48.5 Å². The fourth-order valence-electron chi connectivity index (χ4n) is 4.35. The summed E-state index contributed by atoms with van der Waals surface area (Å²) < 4.78 is 18.5. The maximum absolute atomic E-state index is 13.0. The van der Waals surface area contributed by atoms with Crippen molar-refractivity contribution in [2.75, 3.05) is 32.9 Å². The lowest BCUT2D eigenvalue weighted by Gasteiger charge is -2.43. The van der Waals surface area contributed by atoms with Crippen LogP contribution in [0.2, 0.25) is 0 Å². The summed E-state index contributed by atoms with van der Waals surface area (Å²) in [5.74, 6) is -0.437. The fourth-order valence-corrected chi connectivity index (χ4v) is 6.56. The number of nitrogens with zero attached hydrogens (tertiary/aromatic N) is 1. The van der Waals surface area contributed by atoms with Gasteiger partial charge in [0.05, 0.1) is 7.11 Å². The van der Waals surface area contributed by atoms with E-state index in [1.165, 1.54) is 0 Å². The number of carboxylic acid groups (broad SMARTS) is 1. The molecule has 2 atom stereocenters. The summed E-state index contributed by atoms with van der Waals surface area (Å²) in [7, 11) is -2.22. The number of para-hydroxylation sites is 1. The largest absolute Gasteiger partial charge is 0.496 e. The molecule has 0 aromatic heterocycles. The lowest BCUT2D eigenvalue weighted by Crippen LogP contribution is -2.53. The predicted molar refractivity (Wildman–Crippen MR) is 122 cm³/mol. The number of ether oxygens (including phenoxy) is 1. The Morgan fingerprint density at radius 3 is 2.52 bits per heavy atom. The quantitative estimate of drug-likeness (QED) is 0.400. The molecule has 4 N–H and O–H groups in total. The molecular weight excluding hydrogens is 415 g/mol. The number of methoxy groups -OCH3 is 1. The lowest BCUT2D eigenvalue weighted by atomic mass is 9.96. The van der Waals surface area contributed by atoms with E-state index in [-0.39, 0.29) is 19.1 Å². The minimum atomic E-state index is -3.85. The van der Waals surface area contributed by atoms with Crippen molar-refractivity contribution in [2.24, 2.45) is 5.73 Å². The van der Waals surface area contributed by atoms with Crippen LogP contribution in [0, 0.1) is 0 Å². The van der Waals surface area contributed by atoms with Crippen molar-refractivity contribution in [1.29, 1.82) is 0 Å². The predicted octanol–water partition coefficient (Wildman–Crippen LogP) is 3.40. The van der Waals surface area contributed by atoms with Gasteiger partial charge in [0.25, 0.3) is 0 Å². The van der Waals surface area contributed by atoms with Crippen LogP contribution in [0.5, 0.6) is 5.75 Å². The van der Waals surface area contributed by atoms with Crippen LogP contribution in [-0.4, -0.2) is 58.9 Å². The number of benzene rings is 2. The Kier molecular flexibility index (Phi) is 7.55. The van der Waals surface area contributed by atoms with Crippen molar-refractivity contribution >= 4 is 13.3 Å². The SMILES string of the molecule is COc1ccccc1-c1ccccc1CN1CCP(=O)(O)C(CCCCN)(C(=O)O)C1. The van der Waals surface area contributed by atoms with E-state index in [0.717, 1.165) is 22.4 Å². The summed E-state index contributed by atoms with van der Waals surface area (Å²) >= 11 is 0. The molecular formula is C23H31N2O5P. The minimum Gasteiger partial charge on any atom is -0.496 e. The van der Waals surface area contributed by atoms with E-state index in [0.29, 0.717) is 32.5 Å². The van der Waals surface area contributed by atoms with E-state index in [9.17, 15) is 19.4 Å². The number of unbranched alkanes of at least 4 members (excludes halogenated alkanes) is 1. The molecule has 0 radical (unpaired) electrons. The second kappa shape index (κ2) is 9.96. The zero-order valence-corrected chi connectivity index (χ0v) is 18.8. The van der Waals surface area contributed by atoms with Gasteiger partial charge in [0.2, 0.25) is 7.37 Å². The molecule has 2 aromatic carbocycles. The third-order valence-corrected chi connectivity index (χ3v) is 8.82. The molecule has 1 aliphatic rings. The third-order valence-electron chi connectivity index (χ3n) is 6.12. The highest BCUT2D eigenvalue weighted by molar-refractivity contribution is 7.61. The minimum absolute atomic E-state index is 0.0290. The van der Waals surface area contributed by atoms with Crippen molar-refractivity contribution in [3.8, 4) is 16.9 Å². The fraction of sp³-hybridized carbons (Fsp3) is 0.435. The maximum atomic E-state index is 13.0. The van der Waals surface area contributed by atoms with E-state index in [4.69, 9.17) is 10.5 Å². The van der Waals surface area contributed by atoms with Crippen LogP contribution in [0.3, 0.4) is 0 Å². The van der Waals surface area contributed by atoms with Crippen LogP contribution >= 0.6 is 7.37 Å². The van der Waals surface area contributed by atoms with Gasteiger partial charge in [-0.3, -0.25) is 14.3 Å². The first-order valence-corrected chi connectivity index (χ1v) is 12.4. The van der Waals surface area contributed by atoms with Crippen LogP contribution < -0.4 is 10.5 Å². The van der Waals surface area contributed by atoms with Crippen LogP contribution in [-0.2, 0) is 15.9 Å². The maximum Gasteiger partial charge on any atom is 0.320 e. The molecule has 8 heteroatoms. The summed E-state index contributed by atoms with van der Waals surface area (Å²) in [6, 6.07) is 15.7. The number of aliphatic carboxylic acids is 1. The molecule has 1 saturated heterocycles. The number of hydrogen-bond acceptors (Lipinski definition) is 5. The molecule has 0 spiro atoms. The summed E-state index contributed by atoms with van der Waals surface area (Å²) in [4.78, 5) is 24.9.